The Hall–Kier alpha value is -3.39. The summed E-state index contributed by atoms with van der Waals surface area (Å²) in [4.78, 5) is 39.8. The van der Waals surface area contributed by atoms with Crippen molar-refractivity contribution >= 4 is 51.9 Å². The van der Waals surface area contributed by atoms with Crippen LogP contribution in [0, 0.1) is 12.3 Å². The largest absolute Gasteiger partial charge is 0.479 e. The van der Waals surface area contributed by atoms with Crippen molar-refractivity contribution in [3.05, 3.63) is 28.2 Å². The molecule has 0 saturated carbocycles. The number of carboxylic acid groups (broad SMARTS) is 2. The molecule has 0 aliphatic carbocycles. The van der Waals surface area contributed by atoms with Crippen molar-refractivity contribution in [2.45, 2.75) is 30.5 Å². The van der Waals surface area contributed by atoms with Crippen LogP contribution in [0.2, 0.25) is 5.28 Å². The van der Waals surface area contributed by atoms with Crippen molar-refractivity contribution in [1.82, 2.24) is 24.5 Å². The summed E-state index contributed by atoms with van der Waals surface area (Å²) < 4.78 is 12.2. The third-order valence-electron chi connectivity index (χ3n) is 4.78. The number of ether oxygens (including phenoxy) is 2. The van der Waals surface area contributed by atoms with Gasteiger partial charge < -0.3 is 35.6 Å². The first-order valence-corrected chi connectivity index (χ1v) is 10.9. The lowest BCUT2D eigenvalue weighted by Gasteiger charge is -2.30. The molecule has 6 N–H and O–H groups in total. The number of hydrogen-bond donors (Lipinski definition) is 5. The minimum Gasteiger partial charge on any atom is -0.479 e. The van der Waals surface area contributed by atoms with E-state index < -0.39 is 55.6 Å². The predicted octanol–water partition coefficient (Wildman–Crippen LogP) is -0.444. The lowest BCUT2D eigenvalue weighted by atomic mass is 9.99. The number of fused-ring (bicyclic) bond motifs is 1. The van der Waals surface area contributed by atoms with E-state index in [0.29, 0.717) is 4.88 Å². The third-order valence-corrected chi connectivity index (χ3v) is 5.73. The molecule has 35 heavy (non-hydrogen) atoms. The number of rotatable bonds is 12. The highest BCUT2D eigenvalue weighted by Crippen LogP contribution is 2.27. The highest BCUT2D eigenvalue weighted by Gasteiger charge is 2.49. The quantitative estimate of drug-likeness (QED) is 0.115. The van der Waals surface area contributed by atoms with Crippen LogP contribution < -0.4 is 5.73 Å². The first-order chi connectivity index (χ1) is 16.6. The number of nitrogens with zero attached hydrogens (tertiary/aromatic N) is 5. The van der Waals surface area contributed by atoms with Crippen LogP contribution in [0.15, 0.2) is 18.0 Å². The molecule has 16 heteroatoms. The van der Waals surface area contributed by atoms with Crippen molar-refractivity contribution in [3.63, 3.8) is 0 Å². The number of nitrogen functional groups attached to an aromatic ring is 1. The molecule has 0 spiro atoms. The number of imidazole rings is 1. The predicted molar refractivity (Wildman–Crippen MR) is 120 cm³/mol. The Morgan fingerprint density at radius 1 is 1.34 bits per heavy atom. The number of nitrogens with two attached hydrogens (primary N) is 1. The molecule has 3 aromatic rings. The maximum atomic E-state index is 11.9. The Bertz CT molecular complexity index is 1230. The average Bonchev–Trinajstić information content (AvgIpc) is 3.47. The van der Waals surface area contributed by atoms with E-state index in [9.17, 15) is 30.0 Å². The van der Waals surface area contributed by atoms with Crippen LogP contribution in [-0.2, 0) is 25.5 Å². The number of aliphatic hydroxyl groups excluding tert-OH is 2. The number of aliphatic hydroxyl groups is 2. The molecule has 0 saturated heterocycles. The number of carboxylic acids is 2. The second-order valence-corrected chi connectivity index (χ2v) is 8.35. The number of hydrogen-bond acceptors (Lipinski definition) is 12. The van der Waals surface area contributed by atoms with Gasteiger partial charge in [0.25, 0.3) is 5.60 Å². The van der Waals surface area contributed by atoms with E-state index in [1.165, 1.54) is 22.6 Å². The Labute approximate surface area is 205 Å². The first-order valence-electron chi connectivity index (χ1n) is 9.67. The van der Waals surface area contributed by atoms with Gasteiger partial charge >= 0.3 is 11.9 Å². The summed E-state index contributed by atoms with van der Waals surface area (Å²) in [7, 11) is 0. The zero-order valence-electron chi connectivity index (χ0n) is 17.7. The van der Waals surface area contributed by atoms with Crippen molar-refractivity contribution in [1.29, 1.82) is 0 Å². The van der Waals surface area contributed by atoms with Crippen molar-refractivity contribution in [2.75, 3.05) is 18.9 Å². The van der Waals surface area contributed by atoms with Gasteiger partial charge in [0.1, 0.15) is 11.6 Å². The van der Waals surface area contributed by atoms with E-state index in [1.54, 1.807) is 0 Å². The van der Waals surface area contributed by atoms with Crippen molar-refractivity contribution in [3.8, 4) is 12.3 Å². The summed E-state index contributed by atoms with van der Waals surface area (Å²) in [6, 6.07) is 0. The van der Waals surface area contributed by atoms with Gasteiger partial charge in [-0.3, -0.25) is 9.55 Å². The Balaban J connectivity index is 1.88. The fourth-order valence-electron chi connectivity index (χ4n) is 3.03. The monoisotopic (exact) mass is 526 g/mol. The van der Waals surface area contributed by atoms with E-state index in [2.05, 4.69) is 25.9 Å². The molecule has 0 radical (unpaired) electrons. The van der Waals surface area contributed by atoms with Crippen LogP contribution in [0.3, 0.4) is 0 Å². The molecule has 3 aromatic heterocycles. The highest BCUT2D eigenvalue weighted by atomic mass is 35.5. The van der Waals surface area contributed by atoms with Gasteiger partial charge in [-0.1, -0.05) is 5.92 Å². The summed E-state index contributed by atoms with van der Waals surface area (Å²) in [5.74, 6) is -1.51. The molecule has 14 nitrogen and oxygen atoms in total. The smallest absolute Gasteiger partial charge is 0.348 e. The lowest BCUT2D eigenvalue weighted by Crippen LogP contribution is -2.52. The Morgan fingerprint density at radius 2 is 2.06 bits per heavy atom. The molecular formula is C19H19ClN6O8S. The summed E-state index contributed by atoms with van der Waals surface area (Å²) in [5, 5.41) is 39.3. The van der Waals surface area contributed by atoms with E-state index >= 15 is 0 Å². The number of halogens is 1. The van der Waals surface area contributed by atoms with Crippen LogP contribution in [0.25, 0.3) is 11.2 Å². The van der Waals surface area contributed by atoms with E-state index in [0.717, 1.165) is 11.3 Å². The van der Waals surface area contributed by atoms with Gasteiger partial charge in [0, 0.05) is 17.5 Å². The summed E-state index contributed by atoms with van der Waals surface area (Å²) >= 11 is 6.91. The van der Waals surface area contributed by atoms with Gasteiger partial charge in [-0.2, -0.15) is 9.97 Å². The normalized spacial score (nSPS) is 14.3. The molecule has 0 unspecified atom stereocenters. The maximum absolute atomic E-state index is 11.9. The summed E-state index contributed by atoms with van der Waals surface area (Å²) in [6.45, 7) is -1.46. The number of anilines is 1. The fourth-order valence-corrected chi connectivity index (χ4v) is 3.87. The van der Waals surface area contributed by atoms with Crippen molar-refractivity contribution in [2.24, 2.45) is 0 Å². The van der Waals surface area contributed by atoms with Gasteiger partial charge in [0.15, 0.2) is 23.8 Å². The van der Waals surface area contributed by atoms with E-state index in [4.69, 9.17) is 33.2 Å². The summed E-state index contributed by atoms with van der Waals surface area (Å²) in [6.07, 6.45) is 2.94. The second-order valence-electron chi connectivity index (χ2n) is 7.04. The standard InChI is InChI=1S/C19H19ClN6O8S/c1-2-11(28)15(26-7-23-12-13(21)24-18(20)25-14(12)26)34-9(5-27)6-33-19(16(29)30,17(31)32)3-10-4-22-8-35-10/h1,4,7-9,11,15,27-28H,3,5-6H2,(H,29,30)(H,31,32)(H2,21,24,25)/t9-,11+,15+/m0/s1. The van der Waals surface area contributed by atoms with E-state index in [1.807, 2.05) is 0 Å². The minimum atomic E-state index is -2.69. The maximum Gasteiger partial charge on any atom is 0.348 e. The molecule has 0 amide bonds. The zero-order valence-corrected chi connectivity index (χ0v) is 19.3. The lowest BCUT2D eigenvalue weighted by molar-refractivity contribution is -0.195. The highest BCUT2D eigenvalue weighted by molar-refractivity contribution is 7.09. The molecule has 0 fully saturated rings. The average molecular weight is 527 g/mol. The summed E-state index contributed by atoms with van der Waals surface area (Å²) in [5.41, 5.74) is 4.68. The third kappa shape index (κ3) is 5.48. The van der Waals surface area contributed by atoms with Crippen LogP contribution in [0.4, 0.5) is 5.82 Å². The van der Waals surface area contributed by atoms with Gasteiger partial charge in [0.05, 0.1) is 25.1 Å². The topological polar surface area (TPSA) is 216 Å². The van der Waals surface area contributed by atoms with Crippen LogP contribution in [0.1, 0.15) is 11.1 Å². The molecule has 0 aliphatic heterocycles. The Kier molecular flexibility index (Phi) is 8.17. The molecule has 0 bridgehead atoms. The van der Waals surface area contributed by atoms with Crippen LogP contribution in [0.5, 0.6) is 0 Å². The molecule has 0 aromatic carbocycles. The fraction of sp³-hybridized carbons (Fsp3) is 0.368. The minimum absolute atomic E-state index is 0.0505. The number of thiazole rings is 1. The number of aliphatic carboxylic acids is 2. The van der Waals surface area contributed by atoms with Gasteiger partial charge in [-0.25, -0.2) is 14.6 Å². The number of carbonyl (C=O) groups is 2. The van der Waals surface area contributed by atoms with Crippen molar-refractivity contribution < 1.29 is 39.5 Å². The molecule has 3 rings (SSSR count). The van der Waals surface area contributed by atoms with Gasteiger partial charge in [0.2, 0.25) is 5.28 Å². The van der Waals surface area contributed by atoms with Crippen LogP contribution >= 0.6 is 22.9 Å². The number of terminal acetylenes is 1. The molecular weight excluding hydrogens is 508 g/mol. The molecule has 0 aliphatic rings. The molecule has 3 heterocycles. The van der Waals surface area contributed by atoms with Gasteiger partial charge in [-0.05, 0) is 11.6 Å². The second kappa shape index (κ2) is 10.9. The molecule has 3 atom stereocenters. The first kappa shape index (κ1) is 26.2. The zero-order chi connectivity index (χ0) is 25.8. The SMILES string of the molecule is C#C[C@@H](O)[C@@H](O[C@@H](CO)COC(Cc1cncs1)(C(=O)O)C(=O)O)n1cnc2c(N)nc(Cl)nc21. The Morgan fingerprint density at radius 3 is 2.63 bits per heavy atom. The van der Waals surface area contributed by atoms with Gasteiger partial charge in [-0.15, -0.1) is 17.8 Å². The molecule has 186 valence electrons. The number of aromatic nitrogens is 5. The van der Waals surface area contributed by atoms with E-state index in [-0.39, 0.29) is 22.3 Å². The van der Waals surface area contributed by atoms with Crippen LogP contribution in [-0.4, -0.2) is 87.9 Å².